The molecular weight excluding hydrogens is 354 g/mol. The first-order valence-corrected chi connectivity index (χ1v) is 10.0. The molecule has 2 fully saturated rings. The Balaban J connectivity index is 1.27. The van der Waals surface area contributed by atoms with Crippen LogP contribution in [0.1, 0.15) is 12.0 Å². The van der Waals surface area contributed by atoms with Crippen LogP contribution in [0.25, 0.3) is 0 Å². The standard InChI is InChI=1S/C21H27N5O2/c27-21(26-11-9-24(10-12-26)19-3-1-2-7-22-19)5-4-18-6-8-23-20(17-18)25-13-15-28-16-14-25/h1-3,6-8,17H,4-5,9-16H2. The summed E-state index contributed by atoms with van der Waals surface area (Å²) in [5.74, 6) is 2.20. The van der Waals surface area contributed by atoms with Crippen molar-refractivity contribution in [3.8, 4) is 0 Å². The highest BCUT2D eigenvalue weighted by atomic mass is 16.5. The number of nitrogens with zero attached hydrogens (tertiary/aromatic N) is 5. The molecule has 4 heterocycles. The summed E-state index contributed by atoms with van der Waals surface area (Å²) in [5.41, 5.74) is 1.16. The van der Waals surface area contributed by atoms with Gasteiger partial charge in [0.2, 0.25) is 5.91 Å². The Bertz CT molecular complexity index is 771. The molecule has 0 N–H and O–H groups in total. The average molecular weight is 381 g/mol. The van der Waals surface area contributed by atoms with Crippen LogP contribution in [-0.2, 0) is 16.0 Å². The van der Waals surface area contributed by atoms with Crippen LogP contribution >= 0.6 is 0 Å². The highest BCUT2D eigenvalue weighted by molar-refractivity contribution is 5.76. The lowest BCUT2D eigenvalue weighted by Gasteiger charge is -2.35. The van der Waals surface area contributed by atoms with E-state index < -0.39 is 0 Å². The summed E-state index contributed by atoms with van der Waals surface area (Å²) in [4.78, 5) is 28.0. The highest BCUT2D eigenvalue weighted by Crippen LogP contribution is 2.17. The molecule has 2 aliphatic rings. The smallest absolute Gasteiger partial charge is 0.223 e. The fraction of sp³-hybridized carbons (Fsp3) is 0.476. The number of morpholine rings is 1. The average Bonchev–Trinajstić information content (AvgIpc) is 2.79. The minimum atomic E-state index is 0.227. The van der Waals surface area contributed by atoms with Gasteiger partial charge >= 0.3 is 0 Å². The number of hydrogen-bond donors (Lipinski definition) is 0. The van der Waals surface area contributed by atoms with E-state index in [9.17, 15) is 4.79 Å². The summed E-state index contributed by atoms with van der Waals surface area (Å²) >= 11 is 0. The molecule has 1 amide bonds. The number of anilines is 2. The van der Waals surface area contributed by atoms with Gasteiger partial charge in [-0.15, -0.1) is 0 Å². The van der Waals surface area contributed by atoms with Crippen molar-refractivity contribution >= 4 is 17.5 Å². The zero-order valence-electron chi connectivity index (χ0n) is 16.2. The maximum atomic E-state index is 12.7. The molecule has 0 spiro atoms. The summed E-state index contributed by atoms with van der Waals surface area (Å²) in [5, 5.41) is 0. The van der Waals surface area contributed by atoms with Gasteiger partial charge in [-0.2, -0.15) is 0 Å². The Kier molecular flexibility index (Phi) is 6.01. The molecule has 0 aliphatic carbocycles. The lowest BCUT2D eigenvalue weighted by molar-refractivity contribution is -0.131. The zero-order chi connectivity index (χ0) is 19.2. The third kappa shape index (κ3) is 4.59. The normalized spacial score (nSPS) is 17.6. The molecule has 0 radical (unpaired) electrons. The van der Waals surface area contributed by atoms with Gasteiger partial charge in [-0.3, -0.25) is 4.79 Å². The van der Waals surface area contributed by atoms with Crippen molar-refractivity contribution < 1.29 is 9.53 Å². The fourth-order valence-corrected chi connectivity index (χ4v) is 3.72. The van der Waals surface area contributed by atoms with E-state index in [1.807, 2.05) is 41.6 Å². The van der Waals surface area contributed by atoms with Crippen LogP contribution < -0.4 is 9.80 Å². The maximum absolute atomic E-state index is 12.7. The number of carbonyl (C=O) groups excluding carboxylic acids is 1. The van der Waals surface area contributed by atoms with Crippen molar-refractivity contribution in [3.05, 3.63) is 48.3 Å². The molecule has 0 atom stereocenters. The number of aromatic nitrogens is 2. The number of carbonyl (C=O) groups is 1. The van der Waals surface area contributed by atoms with Crippen LogP contribution in [-0.4, -0.2) is 73.3 Å². The van der Waals surface area contributed by atoms with Crippen molar-refractivity contribution in [2.24, 2.45) is 0 Å². The molecule has 4 rings (SSSR count). The number of pyridine rings is 2. The van der Waals surface area contributed by atoms with E-state index in [1.54, 1.807) is 0 Å². The SMILES string of the molecule is O=C(CCc1ccnc(N2CCOCC2)c1)N1CCN(c2ccccn2)CC1. The molecule has 7 heteroatoms. The number of piperazine rings is 1. The monoisotopic (exact) mass is 381 g/mol. The third-order valence-corrected chi connectivity index (χ3v) is 5.38. The number of hydrogen-bond acceptors (Lipinski definition) is 6. The van der Waals surface area contributed by atoms with Crippen molar-refractivity contribution in [2.75, 3.05) is 62.3 Å². The van der Waals surface area contributed by atoms with Crippen molar-refractivity contribution in [2.45, 2.75) is 12.8 Å². The first-order valence-electron chi connectivity index (χ1n) is 10.0. The first-order chi connectivity index (χ1) is 13.8. The minimum Gasteiger partial charge on any atom is -0.378 e. The molecule has 2 saturated heterocycles. The summed E-state index contributed by atoms with van der Waals surface area (Å²) in [7, 11) is 0. The van der Waals surface area contributed by atoms with E-state index in [-0.39, 0.29) is 5.91 Å². The molecular formula is C21H27N5O2. The predicted molar refractivity (Wildman–Crippen MR) is 109 cm³/mol. The molecule has 2 aromatic rings. The molecule has 0 bridgehead atoms. The van der Waals surface area contributed by atoms with E-state index in [0.29, 0.717) is 6.42 Å². The molecule has 2 aromatic heterocycles. The summed E-state index contributed by atoms with van der Waals surface area (Å²) in [6, 6.07) is 10.1. The van der Waals surface area contributed by atoms with Crippen LogP contribution in [0.15, 0.2) is 42.7 Å². The van der Waals surface area contributed by atoms with E-state index in [4.69, 9.17) is 4.74 Å². The van der Waals surface area contributed by atoms with Crippen LogP contribution in [0.4, 0.5) is 11.6 Å². The van der Waals surface area contributed by atoms with E-state index in [1.165, 1.54) is 0 Å². The van der Waals surface area contributed by atoms with Crippen LogP contribution in [0.3, 0.4) is 0 Å². The van der Waals surface area contributed by atoms with Gasteiger partial charge in [0.15, 0.2) is 0 Å². The number of aryl methyl sites for hydroxylation is 1. The molecule has 2 aliphatic heterocycles. The fourth-order valence-electron chi connectivity index (χ4n) is 3.72. The molecule has 0 aromatic carbocycles. The molecule has 0 saturated carbocycles. The Hall–Kier alpha value is -2.67. The quantitative estimate of drug-likeness (QED) is 0.784. The highest BCUT2D eigenvalue weighted by Gasteiger charge is 2.21. The zero-order valence-corrected chi connectivity index (χ0v) is 16.2. The van der Waals surface area contributed by atoms with Gasteiger partial charge in [0.05, 0.1) is 13.2 Å². The van der Waals surface area contributed by atoms with Gasteiger partial charge in [-0.05, 0) is 36.2 Å². The summed E-state index contributed by atoms with van der Waals surface area (Å²) in [6.45, 7) is 6.41. The van der Waals surface area contributed by atoms with Crippen LogP contribution in [0.2, 0.25) is 0 Å². The van der Waals surface area contributed by atoms with Crippen molar-refractivity contribution in [3.63, 3.8) is 0 Å². The second kappa shape index (κ2) is 9.01. The number of amides is 1. The van der Waals surface area contributed by atoms with Gasteiger partial charge in [0, 0.05) is 58.1 Å². The van der Waals surface area contributed by atoms with Crippen molar-refractivity contribution in [1.29, 1.82) is 0 Å². The third-order valence-electron chi connectivity index (χ3n) is 5.38. The predicted octanol–water partition coefficient (Wildman–Crippen LogP) is 1.59. The molecule has 0 unspecified atom stereocenters. The van der Waals surface area contributed by atoms with E-state index >= 15 is 0 Å². The van der Waals surface area contributed by atoms with Gasteiger partial charge in [-0.25, -0.2) is 9.97 Å². The topological polar surface area (TPSA) is 61.8 Å². The molecule has 148 valence electrons. The van der Waals surface area contributed by atoms with Gasteiger partial charge in [-0.1, -0.05) is 6.07 Å². The largest absolute Gasteiger partial charge is 0.378 e. The molecule has 7 nitrogen and oxygen atoms in total. The Morgan fingerprint density at radius 1 is 0.893 bits per heavy atom. The molecule has 28 heavy (non-hydrogen) atoms. The van der Waals surface area contributed by atoms with Gasteiger partial charge < -0.3 is 19.4 Å². The van der Waals surface area contributed by atoms with Crippen molar-refractivity contribution in [1.82, 2.24) is 14.9 Å². The second-order valence-electron chi connectivity index (χ2n) is 7.18. The van der Waals surface area contributed by atoms with Gasteiger partial charge in [0.25, 0.3) is 0 Å². The van der Waals surface area contributed by atoms with Crippen LogP contribution in [0.5, 0.6) is 0 Å². The second-order valence-corrected chi connectivity index (χ2v) is 7.18. The Labute approximate surface area is 165 Å². The first kappa shape index (κ1) is 18.7. The summed E-state index contributed by atoms with van der Waals surface area (Å²) in [6.07, 6.45) is 4.94. The van der Waals surface area contributed by atoms with Crippen LogP contribution in [0, 0.1) is 0 Å². The Morgan fingerprint density at radius 2 is 1.64 bits per heavy atom. The maximum Gasteiger partial charge on any atom is 0.223 e. The number of rotatable bonds is 5. The van der Waals surface area contributed by atoms with E-state index in [0.717, 1.165) is 76.1 Å². The van der Waals surface area contributed by atoms with E-state index in [2.05, 4.69) is 25.8 Å². The number of ether oxygens (including phenoxy) is 1. The minimum absolute atomic E-state index is 0.227. The lowest BCUT2D eigenvalue weighted by Crippen LogP contribution is -2.49. The Morgan fingerprint density at radius 3 is 2.39 bits per heavy atom. The van der Waals surface area contributed by atoms with Gasteiger partial charge in [0.1, 0.15) is 11.6 Å². The lowest BCUT2D eigenvalue weighted by atomic mass is 10.1. The summed E-state index contributed by atoms with van der Waals surface area (Å²) < 4.78 is 5.41.